The third kappa shape index (κ3) is 3.71. The molecule has 0 bridgehead atoms. The van der Waals surface area contributed by atoms with Crippen molar-refractivity contribution in [1.82, 2.24) is 0 Å². The minimum atomic E-state index is -3.22. The van der Waals surface area contributed by atoms with Gasteiger partial charge in [0.15, 0.2) is 0 Å². The van der Waals surface area contributed by atoms with Crippen LogP contribution in [0.15, 0.2) is 24.3 Å². The number of rotatable bonds is 5. The molecule has 1 aromatic rings. The highest BCUT2D eigenvalue weighted by atomic mass is 32.2. The highest BCUT2D eigenvalue weighted by molar-refractivity contribution is 7.92. The quantitative estimate of drug-likeness (QED) is 0.778. The van der Waals surface area contributed by atoms with Gasteiger partial charge in [-0.25, -0.2) is 8.42 Å². The number of hydrogen-bond donors (Lipinski definition) is 1. The van der Waals surface area contributed by atoms with Crippen molar-refractivity contribution in [2.24, 2.45) is 0 Å². The van der Waals surface area contributed by atoms with Gasteiger partial charge in [0.2, 0.25) is 10.0 Å². The molecule has 1 atom stereocenters. The van der Waals surface area contributed by atoms with E-state index in [-0.39, 0.29) is 6.10 Å². The zero-order valence-electron chi connectivity index (χ0n) is 8.84. The minimum Gasteiger partial charge on any atom is -0.491 e. The Hall–Kier alpha value is -1.27. The first-order valence-electron chi connectivity index (χ1n) is 4.85. The molecule has 0 radical (unpaired) electrons. The van der Waals surface area contributed by atoms with Crippen LogP contribution in [-0.4, -0.2) is 34.0 Å². The summed E-state index contributed by atoms with van der Waals surface area (Å²) in [6, 6.07) is 6.75. The zero-order chi connectivity index (χ0) is 11.6. The number of benzene rings is 1. The van der Waals surface area contributed by atoms with Crippen molar-refractivity contribution in [3.05, 3.63) is 24.3 Å². The molecule has 1 fully saturated rings. The van der Waals surface area contributed by atoms with Crippen LogP contribution in [0.1, 0.15) is 0 Å². The molecule has 2 rings (SSSR count). The van der Waals surface area contributed by atoms with Crippen molar-refractivity contribution in [1.29, 1.82) is 0 Å². The second kappa shape index (κ2) is 4.31. The van der Waals surface area contributed by atoms with Crippen LogP contribution in [0.3, 0.4) is 0 Å². The SMILES string of the molecule is CS(=O)(=O)Nc1ccc(OCC2CO2)cc1. The molecule has 0 aromatic heterocycles. The van der Waals surface area contributed by atoms with Gasteiger partial charge in [-0.15, -0.1) is 0 Å². The molecule has 0 saturated carbocycles. The third-order valence-corrected chi connectivity index (χ3v) is 2.60. The summed E-state index contributed by atoms with van der Waals surface area (Å²) in [4.78, 5) is 0. The Morgan fingerprint density at radius 2 is 2.06 bits per heavy atom. The van der Waals surface area contributed by atoms with Crippen LogP contribution in [-0.2, 0) is 14.8 Å². The van der Waals surface area contributed by atoms with Gasteiger partial charge in [0.05, 0.1) is 12.9 Å². The Labute approximate surface area is 94.4 Å². The second-order valence-corrected chi connectivity index (χ2v) is 5.41. The standard InChI is InChI=1S/C10H13NO4S/c1-16(12,13)11-8-2-4-9(5-3-8)14-6-10-7-15-10/h2-5,10-11H,6-7H2,1H3. The van der Waals surface area contributed by atoms with Crippen molar-refractivity contribution in [3.63, 3.8) is 0 Å². The van der Waals surface area contributed by atoms with Gasteiger partial charge in [-0.2, -0.15) is 0 Å². The summed E-state index contributed by atoms with van der Waals surface area (Å²) in [7, 11) is -3.22. The molecule has 16 heavy (non-hydrogen) atoms. The third-order valence-electron chi connectivity index (χ3n) is 2.00. The van der Waals surface area contributed by atoms with Crippen molar-refractivity contribution in [2.75, 3.05) is 24.2 Å². The summed E-state index contributed by atoms with van der Waals surface area (Å²) >= 11 is 0. The summed E-state index contributed by atoms with van der Waals surface area (Å²) in [5, 5.41) is 0. The Morgan fingerprint density at radius 3 is 2.56 bits per heavy atom. The number of ether oxygens (including phenoxy) is 2. The number of anilines is 1. The molecule has 5 nitrogen and oxygen atoms in total. The minimum absolute atomic E-state index is 0.217. The summed E-state index contributed by atoms with van der Waals surface area (Å²) in [5.74, 6) is 0.703. The van der Waals surface area contributed by atoms with Crippen LogP contribution >= 0.6 is 0 Å². The molecule has 6 heteroatoms. The molecule has 0 amide bonds. The maximum absolute atomic E-state index is 10.9. The maximum Gasteiger partial charge on any atom is 0.229 e. The van der Waals surface area contributed by atoms with Crippen molar-refractivity contribution in [2.45, 2.75) is 6.10 Å². The second-order valence-electron chi connectivity index (χ2n) is 3.66. The van der Waals surface area contributed by atoms with E-state index in [1.54, 1.807) is 24.3 Å². The first kappa shape index (κ1) is 11.2. The van der Waals surface area contributed by atoms with Crippen LogP contribution in [0.2, 0.25) is 0 Å². The summed E-state index contributed by atoms with van der Waals surface area (Å²) in [6.45, 7) is 1.30. The molecule has 1 aliphatic rings. The monoisotopic (exact) mass is 243 g/mol. The van der Waals surface area contributed by atoms with Gasteiger partial charge >= 0.3 is 0 Å². The Morgan fingerprint density at radius 1 is 1.44 bits per heavy atom. The highest BCUT2D eigenvalue weighted by Crippen LogP contribution is 2.18. The Bertz CT molecular complexity index is 450. The van der Waals surface area contributed by atoms with Crippen LogP contribution in [0.5, 0.6) is 5.75 Å². The van der Waals surface area contributed by atoms with E-state index in [2.05, 4.69) is 4.72 Å². The number of hydrogen-bond acceptors (Lipinski definition) is 4. The largest absolute Gasteiger partial charge is 0.491 e. The van der Waals surface area contributed by atoms with Gasteiger partial charge in [0.25, 0.3) is 0 Å². The van der Waals surface area contributed by atoms with Gasteiger partial charge in [0.1, 0.15) is 18.5 Å². The number of sulfonamides is 1. The van der Waals surface area contributed by atoms with Crippen LogP contribution in [0.25, 0.3) is 0 Å². The van der Waals surface area contributed by atoms with Gasteiger partial charge in [-0.1, -0.05) is 0 Å². The molecule has 1 unspecified atom stereocenters. The van der Waals surface area contributed by atoms with E-state index in [1.807, 2.05) is 0 Å². The fourth-order valence-electron chi connectivity index (χ4n) is 1.19. The fourth-order valence-corrected chi connectivity index (χ4v) is 1.75. The van der Waals surface area contributed by atoms with Crippen LogP contribution in [0, 0.1) is 0 Å². The lowest BCUT2D eigenvalue weighted by Gasteiger charge is -2.06. The number of epoxide rings is 1. The van der Waals surface area contributed by atoms with E-state index in [4.69, 9.17) is 9.47 Å². The Balaban J connectivity index is 1.92. The molecular weight excluding hydrogens is 230 g/mol. The normalized spacial score (nSPS) is 19.2. The van der Waals surface area contributed by atoms with E-state index in [9.17, 15) is 8.42 Å². The summed E-state index contributed by atoms with van der Waals surface area (Å²) in [6.07, 6.45) is 1.33. The summed E-state index contributed by atoms with van der Waals surface area (Å²) < 4.78 is 34.7. The van der Waals surface area contributed by atoms with E-state index in [1.165, 1.54) is 0 Å². The molecule has 1 aliphatic heterocycles. The molecule has 1 aromatic carbocycles. The lowest BCUT2D eigenvalue weighted by molar-refractivity contribution is 0.263. The lowest BCUT2D eigenvalue weighted by Crippen LogP contribution is -2.09. The lowest BCUT2D eigenvalue weighted by atomic mass is 10.3. The van der Waals surface area contributed by atoms with Crippen LogP contribution in [0.4, 0.5) is 5.69 Å². The Kier molecular flexibility index (Phi) is 3.02. The van der Waals surface area contributed by atoms with Crippen molar-refractivity contribution >= 4 is 15.7 Å². The van der Waals surface area contributed by atoms with E-state index < -0.39 is 10.0 Å². The molecule has 1 saturated heterocycles. The number of nitrogens with one attached hydrogen (secondary N) is 1. The maximum atomic E-state index is 10.9. The topological polar surface area (TPSA) is 67.9 Å². The predicted molar refractivity (Wildman–Crippen MR) is 60.1 cm³/mol. The average molecular weight is 243 g/mol. The molecular formula is C10H13NO4S. The smallest absolute Gasteiger partial charge is 0.229 e. The van der Waals surface area contributed by atoms with Gasteiger partial charge in [0, 0.05) is 5.69 Å². The van der Waals surface area contributed by atoms with E-state index in [0.29, 0.717) is 18.0 Å². The van der Waals surface area contributed by atoms with Crippen molar-refractivity contribution < 1.29 is 17.9 Å². The molecule has 1 N–H and O–H groups in total. The molecule has 88 valence electrons. The zero-order valence-corrected chi connectivity index (χ0v) is 9.66. The molecule has 1 heterocycles. The predicted octanol–water partition coefficient (Wildman–Crippen LogP) is 0.836. The summed E-state index contributed by atoms with van der Waals surface area (Å²) in [5.41, 5.74) is 0.525. The van der Waals surface area contributed by atoms with Gasteiger partial charge in [-0.3, -0.25) is 4.72 Å². The average Bonchev–Trinajstić information content (AvgIpc) is 2.98. The van der Waals surface area contributed by atoms with Gasteiger partial charge in [-0.05, 0) is 24.3 Å². The van der Waals surface area contributed by atoms with Gasteiger partial charge < -0.3 is 9.47 Å². The molecule has 0 aliphatic carbocycles. The van der Waals surface area contributed by atoms with E-state index >= 15 is 0 Å². The molecule has 0 spiro atoms. The first-order valence-corrected chi connectivity index (χ1v) is 6.74. The fraction of sp³-hybridized carbons (Fsp3) is 0.400. The van der Waals surface area contributed by atoms with E-state index in [0.717, 1.165) is 12.9 Å². The highest BCUT2D eigenvalue weighted by Gasteiger charge is 2.22. The van der Waals surface area contributed by atoms with Crippen molar-refractivity contribution in [3.8, 4) is 5.75 Å². The van der Waals surface area contributed by atoms with Crippen LogP contribution < -0.4 is 9.46 Å². The first-order chi connectivity index (χ1) is 7.53.